The molecule has 21 heavy (non-hydrogen) atoms. The van der Waals surface area contributed by atoms with Gasteiger partial charge in [-0.3, -0.25) is 0 Å². The van der Waals surface area contributed by atoms with Crippen LogP contribution in [0.5, 0.6) is 0 Å². The van der Waals surface area contributed by atoms with Crippen LogP contribution in [0, 0.1) is 0 Å². The van der Waals surface area contributed by atoms with Crippen LogP contribution in [0.3, 0.4) is 0 Å². The molecule has 0 bridgehead atoms. The number of fused-ring (bicyclic) bond motifs is 2. The molecule has 0 unspecified atom stereocenters. The molecule has 0 aliphatic carbocycles. The van der Waals surface area contributed by atoms with Gasteiger partial charge in [0.1, 0.15) is 0 Å². The molecule has 0 amide bonds. The number of benzene rings is 3. The van der Waals surface area contributed by atoms with E-state index in [1.807, 2.05) is 6.92 Å². The lowest BCUT2D eigenvalue weighted by atomic mass is 10.0. The standard InChI is InChI=1S/C19H20O2/c1-2-20-9-10-21-14-15-7-8-18-12-16-5-3-4-6-17(16)13-19(18)11-15/h3-8,11-13H,2,9-10,14H2,1H3. The van der Waals surface area contributed by atoms with Crippen LogP contribution < -0.4 is 0 Å². The zero-order chi connectivity index (χ0) is 14.5. The van der Waals surface area contributed by atoms with Crippen molar-refractivity contribution in [3.8, 4) is 0 Å². The molecule has 0 N–H and O–H groups in total. The Hall–Kier alpha value is -1.90. The van der Waals surface area contributed by atoms with E-state index in [0.717, 1.165) is 6.61 Å². The van der Waals surface area contributed by atoms with Gasteiger partial charge in [-0.25, -0.2) is 0 Å². The van der Waals surface area contributed by atoms with Crippen LogP contribution in [0.15, 0.2) is 54.6 Å². The molecule has 0 radical (unpaired) electrons. The minimum Gasteiger partial charge on any atom is -0.379 e. The lowest BCUT2D eigenvalue weighted by Crippen LogP contribution is -2.03. The third-order valence-corrected chi connectivity index (χ3v) is 3.61. The van der Waals surface area contributed by atoms with Crippen LogP contribution in [0.4, 0.5) is 0 Å². The normalized spacial score (nSPS) is 11.3. The summed E-state index contributed by atoms with van der Waals surface area (Å²) in [6, 6.07) is 19.5. The molecule has 0 atom stereocenters. The lowest BCUT2D eigenvalue weighted by molar-refractivity contribution is 0.0453. The highest BCUT2D eigenvalue weighted by molar-refractivity contribution is 5.98. The highest BCUT2D eigenvalue weighted by Crippen LogP contribution is 2.23. The van der Waals surface area contributed by atoms with Crippen molar-refractivity contribution in [1.82, 2.24) is 0 Å². The Bertz CT molecular complexity index is 734. The largest absolute Gasteiger partial charge is 0.379 e. The fraction of sp³-hybridized carbons (Fsp3) is 0.263. The van der Waals surface area contributed by atoms with Gasteiger partial charge < -0.3 is 9.47 Å². The summed E-state index contributed by atoms with van der Waals surface area (Å²) in [4.78, 5) is 0. The Labute approximate surface area is 125 Å². The maximum Gasteiger partial charge on any atom is 0.0718 e. The molecule has 0 saturated carbocycles. The van der Waals surface area contributed by atoms with Gasteiger partial charge in [0.05, 0.1) is 19.8 Å². The van der Waals surface area contributed by atoms with Gasteiger partial charge in [0.2, 0.25) is 0 Å². The number of hydrogen-bond acceptors (Lipinski definition) is 2. The fourth-order valence-electron chi connectivity index (χ4n) is 2.53. The Morgan fingerprint density at radius 2 is 1.38 bits per heavy atom. The van der Waals surface area contributed by atoms with Gasteiger partial charge >= 0.3 is 0 Å². The van der Waals surface area contributed by atoms with E-state index >= 15 is 0 Å². The highest BCUT2D eigenvalue weighted by Gasteiger charge is 2.00. The van der Waals surface area contributed by atoms with E-state index in [2.05, 4.69) is 54.6 Å². The molecule has 0 heterocycles. The van der Waals surface area contributed by atoms with Gasteiger partial charge in [-0.2, -0.15) is 0 Å². The quantitative estimate of drug-likeness (QED) is 0.487. The van der Waals surface area contributed by atoms with Crippen molar-refractivity contribution in [2.24, 2.45) is 0 Å². The lowest BCUT2D eigenvalue weighted by Gasteiger charge is -2.07. The number of rotatable bonds is 6. The van der Waals surface area contributed by atoms with E-state index in [0.29, 0.717) is 19.8 Å². The Kier molecular flexibility index (Phi) is 4.49. The van der Waals surface area contributed by atoms with Crippen LogP contribution >= 0.6 is 0 Å². The van der Waals surface area contributed by atoms with Gasteiger partial charge in [-0.05, 0) is 52.2 Å². The molecule has 0 spiro atoms. The molecule has 2 heteroatoms. The molecule has 0 fully saturated rings. The number of hydrogen-bond donors (Lipinski definition) is 0. The van der Waals surface area contributed by atoms with Crippen molar-refractivity contribution in [2.45, 2.75) is 13.5 Å². The van der Waals surface area contributed by atoms with Gasteiger partial charge in [0, 0.05) is 6.61 Å². The van der Waals surface area contributed by atoms with E-state index in [1.165, 1.54) is 27.1 Å². The molecule has 3 rings (SSSR count). The average Bonchev–Trinajstić information content (AvgIpc) is 2.52. The third kappa shape index (κ3) is 3.41. The third-order valence-electron chi connectivity index (χ3n) is 3.61. The molecule has 0 saturated heterocycles. The second kappa shape index (κ2) is 6.70. The summed E-state index contributed by atoms with van der Waals surface area (Å²) in [7, 11) is 0. The van der Waals surface area contributed by atoms with Crippen molar-refractivity contribution in [2.75, 3.05) is 19.8 Å². The van der Waals surface area contributed by atoms with Gasteiger partial charge in [0.15, 0.2) is 0 Å². The first-order valence-electron chi connectivity index (χ1n) is 7.44. The van der Waals surface area contributed by atoms with Gasteiger partial charge in [-0.1, -0.05) is 36.4 Å². The summed E-state index contributed by atoms with van der Waals surface area (Å²) < 4.78 is 10.9. The van der Waals surface area contributed by atoms with Crippen LogP contribution in [0.25, 0.3) is 21.5 Å². The molecule has 0 aliphatic rings. The molecule has 2 nitrogen and oxygen atoms in total. The number of ether oxygens (including phenoxy) is 2. The van der Waals surface area contributed by atoms with E-state index in [-0.39, 0.29) is 0 Å². The summed E-state index contributed by atoms with van der Waals surface area (Å²) in [5.74, 6) is 0. The molecule has 3 aromatic rings. The molecule has 3 aromatic carbocycles. The van der Waals surface area contributed by atoms with Crippen LogP contribution in [0.1, 0.15) is 12.5 Å². The topological polar surface area (TPSA) is 18.5 Å². The predicted molar refractivity (Wildman–Crippen MR) is 87.6 cm³/mol. The van der Waals surface area contributed by atoms with Crippen LogP contribution in [-0.2, 0) is 16.1 Å². The maximum absolute atomic E-state index is 5.63. The van der Waals surface area contributed by atoms with E-state index in [4.69, 9.17) is 9.47 Å². The SMILES string of the molecule is CCOCCOCc1ccc2cc3ccccc3cc2c1. The van der Waals surface area contributed by atoms with Crippen molar-refractivity contribution in [1.29, 1.82) is 0 Å². The predicted octanol–water partition coefficient (Wildman–Crippen LogP) is 4.55. The van der Waals surface area contributed by atoms with Gasteiger partial charge in [-0.15, -0.1) is 0 Å². The van der Waals surface area contributed by atoms with Crippen LogP contribution in [0.2, 0.25) is 0 Å². The monoisotopic (exact) mass is 280 g/mol. The summed E-state index contributed by atoms with van der Waals surface area (Å²) in [6.45, 7) is 4.67. The van der Waals surface area contributed by atoms with Gasteiger partial charge in [0.25, 0.3) is 0 Å². The average molecular weight is 280 g/mol. The Balaban J connectivity index is 1.77. The zero-order valence-corrected chi connectivity index (χ0v) is 12.3. The van der Waals surface area contributed by atoms with Crippen molar-refractivity contribution in [3.63, 3.8) is 0 Å². The second-order valence-electron chi connectivity index (χ2n) is 5.13. The molecule has 0 aliphatic heterocycles. The summed E-state index contributed by atoms with van der Waals surface area (Å²) in [6.07, 6.45) is 0. The fourth-order valence-corrected chi connectivity index (χ4v) is 2.53. The van der Waals surface area contributed by atoms with E-state index in [9.17, 15) is 0 Å². The van der Waals surface area contributed by atoms with E-state index in [1.54, 1.807) is 0 Å². The first-order chi connectivity index (χ1) is 10.4. The van der Waals surface area contributed by atoms with Crippen molar-refractivity contribution in [3.05, 3.63) is 60.2 Å². The van der Waals surface area contributed by atoms with Crippen LogP contribution in [-0.4, -0.2) is 19.8 Å². The second-order valence-corrected chi connectivity index (χ2v) is 5.13. The molecule has 108 valence electrons. The highest BCUT2D eigenvalue weighted by atomic mass is 16.5. The molecular weight excluding hydrogens is 260 g/mol. The van der Waals surface area contributed by atoms with E-state index < -0.39 is 0 Å². The minimum absolute atomic E-state index is 0.635. The zero-order valence-electron chi connectivity index (χ0n) is 12.3. The van der Waals surface area contributed by atoms with Crippen molar-refractivity contribution < 1.29 is 9.47 Å². The first-order valence-corrected chi connectivity index (χ1v) is 7.44. The first kappa shape index (κ1) is 14.1. The summed E-state index contributed by atoms with van der Waals surface area (Å²) >= 11 is 0. The summed E-state index contributed by atoms with van der Waals surface area (Å²) in [5, 5.41) is 5.09. The smallest absolute Gasteiger partial charge is 0.0718 e. The maximum atomic E-state index is 5.63. The van der Waals surface area contributed by atoms with Crippen molar-refractivity contribution >= 4 is 21.5 Å². The molecular formula is C19H20O2. The Morgan fingerprint density at radius 1 is 0.714 bits per heavy atom. The molecule has 0 aromatic heterocycles. The summed E-state index contributed by atoms with van der Waals surface area (Å²) in [5.41, 5.74) is 1.20. The minimum atomic E-state index is 0.635. The Morgan fingerprint density at radius 3 is 2.14 bits per heavy atom.